The molecule has 0 aliphatic carbocycles. The number of alkyl halides is 3. The summed E-state index contributed by atoms with van der Waals surface area (Å²) in [5, 5.41) is 11.8. The van der Waals surface area contributed by atoms with Crippen LogP contribution in [0.15, 0.2) is 27.1 Å². The molecule has 10 heteroatoms. The van der Waals surface area contributed by atoms with Crippen LogP contribution in [0.3, 0.4) is 0 Å². The highest BCUT2D eigenvalue weighted by molar-refractivity contribution is 9.11. The summed E-state index contributed by atoms with van der Waals surface area (Å²) in [5.74, 6) is -3.11. The Balaban J connectivity index is 2.96. The summed E-state index contributed by atoms with van der Waals surface area (Å²) in [4.78, 5) is 23.2. The number of ether oxygens (including phenoxy) is 1. The molecule has 128 valence electrons. The highest BCUT2D eigenvalue weighted by Gasteiger charge is 2.61. The van der Waals surface area contributed by atoms with Gasteiger partial charge in [0.2, 0.25) is 5.91 Å². The van der Waals surface area contributed by atoms with Gasteiger partial charge in [0.05, 0.1) is 18.7 Å². The monoisotopic (exact) mass is 461 g/mol. The van der Waals surface area contributed by atoms with Crippen molar-refractivity contribution in [1.29, 1.82) is 0 Å². The highest BCUT2D eigenvalue weighted by Crippen LogP contribution is 2.35. The van der Waals surface area contributed by atoms with Gasteiger partial charge in [0, 0.05) is 8.95 Å². The maximum Gasteiger partial charge on any atom is 0.428 e. The van der Waals surface area contributed by atoms with Gasteiger partial charge in [-0.3, -0.25) is 4.79 Å². The zero-order chi connectivity index (χ0) is 17.8. The van der Waals surface area contributed by atoms with Gasteiger partial charge in [0.1, 0.15) is 0 Å². The normalized spacial score (nSPS) is 14.0. The molecular formula is C13H12Br2F3NO4. The van der Waals surface area contributed by atoms with E-state index < -0.39 is 30.1 Å². The molecule has 0 saturated carbocycles. The summed E-state index contributed by atoms with van der Waals surface area (Å²) >= 11 is 6.31. The molecule has 23 heavy (non-hydrogen) atoms. The molecule has 2 N–H and O–H groups in total. The van der Waals surface area contributed by atoms with Crippen molar-refractivity contribution in [2.45, 2.75) is 25.1 Å². The molecule has 0 fully saturated rings. The molecule has 1 atom stereocenters. The van der Waals surface area contributed by atoms with Crippen LogP contribution in [0.4, 0.5) is 18.9 Å². The van der Waals surface area contributed by atoms with Crippen molar-refractivity contribution < 1.29 is 32.6 Å². The highest BCUT2D eigenvalue weighted by atomic mass is 79.9. The summed E-state index contributed by atoms with van der Waals surface area (Å²) in [6.45, 7) is 0.921. The predicted octanol–water partition coefficient (Wildman–Crippen LogP) is 3.40. The van der Waals surface area contributed by atoms with Gasteiger partial charge in [0.25, 0.3) is 5.60 Å². The van der Waals surface area contributed by atoms with Crippen LogP contribution in [0.1, 0.15) is 13.3 Å². The topological polar surface area (TPSA) is 75.6 Å². The first-order valence-electron chi connectivity index (χ1n) is 6.22. The van der Waals surface area contributed by atoms with Crippen molar-refractivity contribution in [3.63, 3.8) is 0 Å². The van der Waals surface area contributed by atoms with Crippen molar-refractivity contribution in [2.75, 3.05) is 11.9 Å². The average Bonchev–Trinajstić information content (AvgIpc) is 2.40. The van der Waals surface area contributed by atoms with Crippen molar-refractivity contribution in [1.82, 2.24) is 0 Å². The van der Waals surface area contributed by atoms with Crippen LogP contribution < -0.4 is 5.32 Å². The number of anilines is 1. The molecule has 0 spiro atoms. The van der Waals surface area contributed by atoms with Crippen molar-refractivity contribution in [3.05, 3.63) is 27.1 Å². The zero-order valence-corrected chi connectivity index (χ0v) is 14.9. The Labute approximate surface area is 146 Å². The second-order valence-electron chi connectivity index (χ2n) is 4.43. The van der Waals surface area contributed by atoms with Crippen molar-refractivity contribution >= 4 is 49.4 Å². The maximum atomic E-state index is 13.0. The molecule has 0 bridgehead atoms. The van der Waals surface area contributed by atoms with E-state index in [1.807, 2.05) is 0 Å². The quantitative estimate of drug-likeness (QED) is 0.657. The van der Waals surface area contributed by atoms with Crippen LogP contribution in [0, 0.1) is 0 Å². The fourth-order valence-electron chi connectivity index (χ4n) is 1.56. The average molecular weight is 463 g/mol. The van der Waals surface area contributed by atoms with E-state index in [0.717, 1.165) is 0 Å². The standard InChI is InChI=1S/C13H12Br2F3NO4/c1-2-23-11(21)12(22,13(16,17)18)6-10(20)19-9-4-3-7(14)5-8(9)15/h3-5,22H,2,6H2,1H3,(H,19,20). The maximum absolute atomic E-state index is 13.0. The van der Waals surface area contributed by atoms with E-state index in [0.29, 0.717) is 8.95 Å². The van der Waals surface area contributed by atoms with E-state index in [1.54, 1.807) is 12.1 Å². The number of benzene rings is 1. The third-order valence-corrected chi connectivity index (χ3v) is 3.85. The van der Waals surface area contributed by atoms with Crippen LogP contribution in [-0.4, -0.2) is 35.4 Å². The fraction of sp³-hybridized carbons (Fsp3) is 0.385. The molecule has 1 unspecified atom stereocenters. The minimum absolute atomic E-state index is 0.187. The second kappa shape index (κ2) is 7.63. The Morgan fingerprint density at radius 1 is 1.30 bits per heavy atom. The summed E-state index contributed by atoms with van der Waals surface area (Å²) in [6.07, 6.45) is -6.87. The first-order valence-corrected chi connectivity index (χ1v) is 7.81. The zero-order valence-electron chi connectivity index (χ0n) is 11.7. The molecule has 5 nitrogen and oxygen atoms in total. The second-order valence-corrected chi connectivity index (χ2v) is 6.20. The van der Waals surface area contributed by atoms with Gasteiger partial charge < -0.3 is 15.2 Å². The summed E-state index contributed by atoms with van der Waals surface area (Å²) in [6, 6.07) is 4.56. The third-order valence-electron chi connectivity index (χ3n) is 2.70. The number of nitrogens with one attached hydrogen (secondary N) is 1. The number of halogens is 5. The Hall–Kier alpha value is -1.13. The third kappa shape index (κ3) is 4.92. The summed E-state index contributed by atoms with van der Waals surface area (Å²) in [5.41, 5.74) is -3.72. The number of rotatable bonds is 5. The number of carbonyl (C=O) groups is 2. The van der Waals surface area contributed by atoms with Crippen LogP contribution in [0.2, 0.25) is 0 Å². The van der Waals surface area contributed by atoms with Crippen LogP contribution >= 0.6 is 31.9 Å². The minimum Gasteiger partial charge on any atom is -0.464 e. The number of hydrogen-bond donors (Lipinski definition) is 2. The van der Waals surface area contributed by atoms with E-state index in [4.69, 9.17) is 0 Å². The molecule has 0 radical (unpaired) electrons. The number of carbonyl (C=O) groups excluding carboxylic acids is 2. The largest absolute Gasteiger partial charge is 0.464 e. The van der Waals surface area contributed by atoms with Crippen LogP contribution in [-0.2, 0) is 14.3 Å². The first-order chi connectivity index (χ1) is 10.5. The molecule has 1 amide bonds. The Bertz CT molecular complexity index is 609. The van der Waals surface area contributed by atoms with Gasteiger partial charge >= 0.3 is 12.1 Å². The van der Waals surface area contributed by atoms with Crippen molar-refractivity contribution in [2.24, 2.45) is 0 Å². The molecule has 1 rings (SSSR count). The number of hydrogen-bond acceptors (Lipinski definition) is 4. The van der Waals surface area contributed by atoms with Gasteiger partial charge in [-0.25, -0.2) is 4.79 Å². The fourth-order valence-corrected chi connectivity index (χ4v) is 2.70. The molecule has 0 saturated heterocycles. The molecule has 0 aromatic heterocycles. The molecule has 0 aliphatic rings. The number of esters is 1. The lowest BCUT2D eigenvalue weighted by molar-refractivity contribution is -0.262. The molecule has 0 aliphatic heterocycles. The number of aliphatic hydroxyl groups is 1. The molecule has 1 aromatic rings. The van der Waals surface area contributed by atoms with E-state index >= 15 is 0 Å². The first kappa shape index (κ1) is 19.9. The van der Waals surface area contributed by atoms with Gasteiger partial charge in [-0.2, -0.15) is 13.2 Å². The Kier molecular flexibility index (Phi) is 6.60. The number of amides is 1. The molecular weight excluding hydrogens is 451 g/mol. The smallest absolute Gasteiger partial charge is 0.428 e. The summed E-state index contributed by atoms with van der Waals surface area (Å²) < 4.78 is 44.2. The Morgan fingerprint density at radius 2 is 1.91 bits per heavy atom. The van der Waals surface area contributed by atoms with Gasteiger partial charge in [-0.1, -0.05) is 15.9 Å². The van der Waals surface area contributed by atoms with Crippen molar-refractivity contribution in [3.8, 4) is 0 Å². The van der Waals surface area contributed by atoms with Crippen LogP contribution in [0.5, 0.6) is 0 Å². The molecule has 0 heterocycles. The summed E-state index contributed by atoms with van der Waals surface area (Å²) in [7, 11) is 0. The SMILES string of the molecule is CCOC(=O)C(O)(CC(=O)Nc1ccc(Br)cc1Br)C(F)(F)F. The van der Waals surface area contributed by atoms with E-state index in [1.165, 1.54) is 13.0 Å². The lowest BCUT2D eigenvalue weighted by atomic mass is 9.98. The predicted molar refractivity (Wildman–Crippen MR) is 82.7 cm³/mol. The minimum atomic E-state index is -5.35. The van der Waals surface area contributed by atoms with Gasteiger partial charge in [0.15, 0.2) is 0 Å². The van der Waals surface area contributed by atoms with E-state index in [9.17, 15) is 27.9 Å². The molecule has 1 aromatic carbocycles. The van der Waals surface area contributed by atoms with E-state index in [2.05, 4.69) is 41.9 Å². The van der Waals surface area contributed by atoms with Gasteiger partial charge in [-0.05, 0) is 41.1 Å². The Morgan fingerprint density at radius 3 is 2.39 bits per heavy atom. The lowest BCUT2D eigenvalue weighted by Gasteiger charge is -2.27. The van der Waals surface area contributed by atoms with E-state index in [-0.39, 0.29) is 12.3 Å². The lowest BCUT2D eigenvalue weighted by Crippen LogP contribution is -2.54. The van der Waals surface area contributed by atoms with Crippen LogP contribution in [0.25, 0.3) is 0 Å². The van der Waals surface area contributed by atoms with Gasteiger partial charge in [-0.15, -0.1) is 0 Å².